The van der Waals surface area contributed by atoms with E-state index in [1.807, 2.05) is 74.2 Å². The van der Waals surface area contributed by atoms with Gasteiger partial charge >= 0.3 is 12.1 Å². The molecule has 1 saturated heterocycles. The number of H-pyrrole nitrogens is 1. The lowest BCUT2D eigenvalue weighted by Crippen LogP contribution is -2.50. The number of benzene rings is 2. The van der Waals surface area contributed by atoms with Gasteiger partial charge in [0, 0.05) is 48.6 Å². The van der Waals surface area contributed by atoms with Crippen LogP contribution in [0.15, 0.2) is 54.6 Å². The molecule has 0 bridgehead atoms. The molecule has 0 spiro atoms. The van der Waals surface area contributed by atoms with Crippen molar-refractivity contribution in [2.24, 2.45) is 11.8 Å². The summed E-state index contributed by atoms with van der Waals surface area (Å²) in [5.41, 5.74) is 2.29. The van der Waals surface area contributed by atoms with Crippen LogP contribution in [0, 0.1) is 11.8 Å². The van der Waals surface area contributed by atoms with E-state index in [-0.39, 0.29) is 36.2 Å². The van der Waals surface area contributed by atoms with Gasteiger partial charge in [-0.15, -0.1) is 0 Å². The Balaban J connectivity index is 1.30. The number of rotatable bonds is 8. The smallest absolute Gasteiger partial charge is 0.407 e. The molecule has 1 aliphatic heterocycles. The van der Waals surface area contributed by atoms with Crippen LogP contribution in [0.3, 0.4) is 0 Å². The zero-order chi connectivity index (χ0) is 33.0. The molecule has 246 valence electrons. The standard InChI is InChI=1S/C36H46N4O6/c1-6-45-34(43)30-21-26-20-27(16-17-29(26)38-30)39(5)33(42)31-28(24-10-8-7-9-11-24)18-19-40(31)32(41)25-14-12-23(13-15-25)22-37-35(44)46-36(2,3)4/h7-11,16-17,20-21,23,25,28,31,38H,6,12-15,18-19,22H2,1-5H3,(H,37,44)/t23?,25?,28-,31-/m0/s1. The third kappa shape index (κ3) is 7.54. The Morgan fingerprint density at radius 3 is 2.37 bits per heavy atom. The highest BCUT2D eigenvalue weighted by Gasteiger charge is 2.45. The first kappa shape index (κ1) is 33.0. The van der Waals surface area contributed by atoms with Gasteiger partial charge in [0.15, 0.2) is 0 Å². The monoisotopic (exact) mass is 630 g/mol. The summed E-state index contributed by atoms with van der Waals surface area (Å²) in [6.07, 6.45) is 3.37. The van der Waals surface area contributed by atoms with Crippen molar-refractivity contribution in [3.05, 3.63) is 65.9 Å². The minimum Gasteiger partial charge on any atom is -0.461 e. The van der Waals surface area contributed by atoms with Crippen LogP contribution in [-0.4, -0.2) is 72.1 Å². The number of ether oxygens (including phenoxy) is 2. The van der Waals surface area contributed by atoms with Crippen LogP contribution in [0.4, 0.5) is 10.5 Å². The summed E-state index contributed by atoms with van der Waals surface area (Å²) in [7, 11) is 1.74. The maximum absolute atomic E-state index is 14.4. The highest BCUT2D eigenvalue weighted by molar-refractivity contribution is 6.02. The van der Waals surface area contributed by atoms with Gasteiger partial charge in [0.05, 0.1) is 6.61 Å². The summed E-state index contributed by atoms with van der Waals surface area (Å²) in [6, 6.07) is 16.6. The summed E-state index contributed by atoms with van der Waals surface area (Å²) >= 11 is 0. The molecule has 2 N–H and O–H groups in total. The molecule has 10 heteroatoms. The van der Waals surface area contributed by atoms with Crippen LogP contribution in [0.1, 0.15) is 81.8 Å². The minimum absolute atomic E-state index is 0.0314. The van der Waals surface area contributed by atoms with Gasteiger partial charge in [-0.1, -0.05) is 30.3 Å². The highest BCUT2D eigenvalue weighted by Crippen LogP contribution is 2.39. The Morgan fingerprint density at radius 2 is 1.70 bits per heavy atom. The van der Waals surface area contributed by atoms with Crippen molar-refractivity contribution < 1.29 is 28.7 Å². The van der Waals surface area contributed by atoms with Crippen LogP contribution in [0.25, 0.3) is 10.9 Å². The van der Waals surface area contributed by atoms with Gasteiger partial charge in [-0.25, -0.2) is 9.59 Å². The van der Waals surface area contributed by atoms with Gasteiger partial charge in [0.2, 0.25) is 11.8 Å². The molecule has 3 aromatic rings. The van der Waals surface area contributed by atoms with E-state index in [1.54, 1.807) is 24.9 Å². The normalized spacial score (nSPS) is 21.5. The number of likely N-dealkylation sites (tertiary alicyclic amines) is 1. The van der Waals surface area contributed by atoms with Crippen LogP contribution in [-0.2, 0) is 19.1 Å². The van der Waals surface area contributed by atoms with Crippen molar-refractivity contribution in [1.29, 1.82) is 0 Å². The van der Waals surface area contributed by atoms with Crippen LogP contribution < -0.4 is 10.2 Å². The van der Waals surface area contributed by atoms with E-state index in [9.17, 15) is 19.2 Å². The summed E-state index contributed by atoms with van der Waals surface area (Å²) in [5, 5.41) is 3.66. The van der Waals surface area contributed by atoms with Crippen molar-refractivity contribution in [3.8, 4) is 0 Å². The lowest BCUT2D eigenvalue weighted by Gasteiger charge is -2.35. The third-order valence-electron chi connectivity index (χ3n) is 9.11. The molecule has 3 amide bonds. The van der Waals surface area contributed by atoms with Crippen molar-refractivity contribution in [2.45, 2.75) is 77.4 Å². The minimum atomic E-state index is -0.636. The van der Waals surface area contributed by atoms with Crippen LogP contribution in [0.5, 0.6) is 0 Å². The second-order valence-corrected chi connectivity index (χ2v) is 13.5. The lowest BCUT2D eigenvalue weighted by molar-refractivity contribution is -0.142. The molecule has 0 radical (unpaired) electrons. The lowest BCUT2D eigenvalue weighted by atomic mass is 9.81. The summed E-state index contributed by atoms with van der Waals surface area (Å²) in [4.78, 5) is 59.4. The molecule has 0 unspecified atom stereocenters. The predicted octanol–water partition coefficient (Wildman–Crippen LogP) is 6.02. The number of aromatic amines is 1. The summed E-state index contributed by atoms with van der Waals surface area (Å²) in [6.45, 7) is 8.59. The number of esters is 1. The van der Waals surface area contributed by atoms with Crippen LogP contribution in [0.2, 0.25) is 0 Å². The third-order valence-corrected chi connectivity index (χ3v) is 9.11. The molecule has 1 saturated carbocycles. The Morgan fingerprint density at radius 1 is 0.978 bits per heavy atom. The maximum atomic E-state index is 14.4. The molecule has 2 fully saturated rings. The zero-order valence-corrected chi connectivity index (χ0v) is 27.5. The number of nitrogens with one attached hydrogen (secondary N) is 2. The number of carbonyl (C=O) groups is 4. The highest BCUT2D eigenvalue weighted by atomic mass is 16.6. The fourth-order valence-corrected chi connectivity index (χ4v) is 6.76. The molecule has 2 aromatic carbocycles. The first-order valence-electron chi connectivity index (χ1n) is 16.3. The number of fused-ring (bicyclic) bond motifs is 1. The number of aromatic nitrogens is 1. The van der Waals surface area contributed by atoms with Crippen molar-refractivity contribution >= 4 is 40.5 Å². The van der Waals surface area contributed by atoms with E-state index >= 15 is 0 Å². The molecule has 2 heterocycles. The summed E-state index contributed by atoms with van der Waals surface area (Å²) in [5.74, 6) is -0.544. The Labute approximate surface area is 270 Å². The van der Waals surface area contributed by atoms with Crippen molar-refractivity contribution in [1.82, 2.24) is 15.2 Å². The average molecular weight is 631 g/mol. The molecule has 2 aliphatic rings. The van der Waals surface area contributed by atoms with E-state index in [4.69, 9.17) is 9.47 Å². The number of likely N-dealkylation sites (N-methyl/N-ethyl adjacent to an activating group) is 1. The number of alkyl carbamates (subject to hydrolysis) is 1. The van der Waals surface area contributed by atoms with Gasteiger partial charge in [0.25, 0.3) is 0 Å². The van der Waals surface area contributed by atoms with E-state index in [1.165, 1.54) is 0 Å². The van der Waals surface area contributed by atoms with Gasteiger partial charge in [-0.3, -0.25) is 9.59 Å². The van der Waals surface area contributed by atoms with Gasteiger partial charge in [-0.05, 0) is 95.5 Å². The first-order chi connectivity index (χ1) is 21.9. The Kier molecular flexibility index (Phi) is 10.0. The number of carbonyl (C=O) groups excluding carboxylic acids is 4. The van der Waals surface area contributed by atoms with E-state index in [0.717, 1.165) is 42.1 Å². The number of hydrogen-bond donors (Lipinski definition) is 2. The van der Waals surface area contributed by atoms with E-state index < -0.39 is 23.7 Å². The molecular formula is C36H46N4O6. The van der Waals surface area contributed by atoms with Crippen molar-refractivity contribution in [3.63, 3.8) is 0 Å². The molecule has 5 rings (SSSR count). The quantitative estimate of drug-likeness (QED) is 0.294. The van der Waals surface area contributed by atoms with E-state index in [2.05, 4.69) is 10.3 Å². The van der Waals surface area contributed by atoms with Crippen LogP contribution >= 0.6 is 0 Å². The zero-order valence-electron chi connectivity index (χ0n) is 27.5. The number of amides is 3. The fraction of sp³-hybridized carbons (Fsp3) is 0.500. The first-order valence-corrected chi connectivity index (χ1v) is 16.3. The predicted molar refractivity (Wildman–Crippen MR) is 177 cm³/mol. The maximum Gasteiger partial charge on any atom is 0.407 e. The van der Waals surface area contributed by atoms with Crippen molar-refractivity contribution in [2.75, 3.05) is 31.6 Å². The molecule has 1 aromatic heterocycles. The average Bonchev–Trinajstić information content (AvgIpc) is 3.67. The number of hydrogen-bond acceptors (Lipinski definition) is 6. The van der Waals surface area contributed by atoms with Gasteiger partial charge < -0.3 is 29.6 Å². The molecule has 1 aliphatic carbocycles. The van der Waals surface area contributed by atoms with E-state index in [0.29, 0.717) is 30.9 Å². The molecule has 10 nitrogen and oxygen atoms in total. The summed E-state index contributed by atoms with van der Waals surface area (Å²) < 4.78 is 10.5. The largest absolute Gasteiger partial charge is 0.461 e. The molecular weight excluding hydrogens is 584 g/mol. The second-order valence-electron chi connectivity index (χ2n) is 13.5. The fourth-order valence-electron chi connectivity index (χ4n) is 6.76. The Hall–Kier alpha value is -4.34. The van der Waals surface area contributed by atoms with Gasteiger partial charge in [0.1, 0.15) is 17.3 Å². The number of anilines is 1. The second kappa shape index (κ2) is 14.0. The molecule has 2 atom stereocenters. The topological polar surface area (TPSA) is 121 Å². The van der Waals surface area contributed by atoms with Gasteiger partial charge in [-0.2, -0.15) is 0 Å². The molecule has 46 heavy (non-hydrogen) atoms. The number of nitrogens with zero attached hydrogens (tertiary/aromatic N) is 2. The Bertz CT molecular complexity index is 1550. The SMILES string of the molecule is CCOC(=O)c1cc2cc(N(C)C(=O)[C@@H]3[C@H](c4ccccc4)CCN3C(=O)C3CCC(CNC(=O)OC(C)(C)C)CC3)ccc2[nH]1.